The summed E-state index contributed by atoms with van der Waals surface area (Å²) in [5.74, 6) is -0.262. The number of hydrogen-bond donors (Lipinski definition) is 1. The Labute approximate surface area is 197 Å². The van der Waals surface area contributed by atoms with Crippen LogP contribution in [-0.2, 0) is 14.3 Å². The van der Waals surface area contributed by atoms with E-state index in [1.807, 2.05) is 20.8 Å². The van der Waals surface area contributed by atoms with Crippen molar-refractivity contribution in [2.45, 2.75) is 45.6 Å². The fraction of sp³-hybridized carbons (Fsp3) is 0.600. The summed E-state index contributed by atoms with van der Waals surface area (Å²) in [6, 6.07) is 6.48. The zero-order chi connectivity index (χ0) is 21.2. The first-order valence-electron chi connectivity index (χ1n) is 9.55. The number of nitrogens with zero attached hydrogens (tertiary/aromatic N) is 1. The van der Waals surface area contributed by atoms with Crippen LogP contribution in [0.5, 0.6) is 0 Å². The van der Waals surface area contributed by atoms with E-state index in [0.717, 1.165) is 39.3 Å². The molecular formula is C20H31BI2N2O3. The van der Waals surface area contributed by atoms with Gasteiger partial charge in [-0.05, 0) is 57.5 Å². The summed E-state index contributed by atoms with van der Waals surface area (Å²) >= 11 is 4.80. The number of anilines is 1. The maximum Gasteiger partial charge on any atom is 0.306 e. The molecule has 0 saturated heterocycles. The van der Waals surface area contributed by atoms with Gasteiger partial charge in [-0.2, -0.15) is 0 Å². The number of nitrogens with one attached hydrogen (secondary N) is 1. The van der Waals surface area contributed by atoms with Crippen LogP contribution in [-0.4, -0.2) is 53.7 Å². The molecule has 1 rings (SSSR count). The van der Waals surface area contributed by atoms with Crippen molar-refractivity contribution in [2.75, 3.05) is 33.4 Å². The van der Waals surface area contributed by atoms with Gasteiger partial charge in [0, 0.05) is 33.5 Å². The molecule has 0 aliphatic rings. The second kappa shape index (κ2) is 13.0. The minimum atomic E-state index is -0.508. The van der Waals surface area contributed by atoms with Crippen LogP contribution in [0.3, 0.4) is 0 Å². The van der Waals surface area contributed by atoms with Crippen LogP contribution < -0.4 is 10.1 Å². The van der Waals surface area contributed by atoms with Crippen LogP contribution >= 0.6 is 45.2 Å². The highest BCUT2D eigenvalue weighted by atomic mass is 127. The van der Waals surface area contributed by atoms with Crippen molar-refractivity contribution in [2.24, 2.45) is 0 Å². The SMILES string of the molecule is Cc1ccc(N(CCI)CCI)cc1C(CNBC=O)CC(=O)OC(C)(C)C. The molecule has 0 fully saturated rings. The predicted molar refractivity (Wildman–Crippen MR) is 136 cm³/mol. The summed E-state index contributed by atoms with van der Waals surface area (Å²) in [4.78, 5) is 25.6. The Bertz CT molecular complexity index is 632. The number of aryl methyl sites for hydroxylation is 1. The molecule has 0 heterocycles. The van der Waals surface area contributed by atoms with Crippen LogP contribution in [0.1, 0.15) is 44.2 Å². The molecule has 0 bridgehead atoms. The van der Waals surface area contributed by atoms with Crippen molar-refractivity contribution in [1.82, 2.24) is 5.23 Å². The first-order valence-corrected chi connectivity index (χ1v) is 12.6. The molecule has 0 aromatic heterocycles. The summed E-state index contributed by atoms with van der Waals surface area (Å²) in [5, 5.41) is 3.14. The van der Waals surface area contributed by atoms with Gasteiger partial charge in [-0.3, -0.25) is 4.79 Å². The quantitative estimate of drug-likeness (QED) is 0.0978. The van der Waals surface area contributed by atoms with Crippen molar-refractivity contribution < 1.29 is 14.3 Å². The Morgan fingerprint density at radius 1 is 1.29 bits per heavy atom. The average Bonchev–Trinajstić information content (AvgIpc) is 2.60. The van der Waals surface area contributed by atoms with Crippen molar-refractivity contribution >= 4 is 70.4 Å². The number of rotatable bonds is 12. The standard InChI is InChI=1S/C20H31BI2N2O3/c1-15-5-6-17(25(9-7-22)10-8-23)12-18(15)16(13-24-21-14-26)11-19(27)28-20(2,3)4/h5-6,12,14,16,21,24H,7-11,13H2,1-4H3. The molecule has 0 aliphatic carbocycles. The molecule has 1 N–H and O–H groups in total. The third kappa shape index (κ3) is 9.43. The monoisotopic (exact) mass is 612 g/mol. The minimum Gasteiger partial charge on any atom is -0.460 e. The maximum absolute atomic E-state index is 12.5. The van der Waals surface area contributed by atoms with Crippen molar-refractivity contribution in [1.29, 1.82) is 0 Å². The zero-order valence-electron chi connectivity index (χ0n) is 17.3. The molecule has 0 spiro atoms. The summed E-state index contributed by atoms with van der Waals surface area (Å²) in [7, 11) is 0.277. The number of benzene rings is 1. The van der Waals surface area contributed by atoms with Crippen molar-refractivity contribution in [3.05, 3.63) is 29.3 Å². The fourth-order valence-corrected chi connectivity index (χ4v) is 4.20. The second-order valence-electron chi connectivity index (χ2n) is 7.72. The highest BCUT2D eigenvalue weighted by molar-refractivity contribution is 14.1. The van der Waals surface area contributed by atoms with E-state index in [2.05, 4.69) is 80.4 Å². The van der Waals surface area contributed by atoms with E-state index in [4.69, 9.17) is 4.74 Å². The van der Waals surface area contributed by atoms with E-state index in [1.54, 1.807) is 0 Å². The van der Waals surface area contributed by atoms with E-state index in [1.165, 1.54) is 5.69 Å². The Hall–Kier alpha value is -0.355. The number of hydrogen-bond acceptors (Lipinski definition) is 5. The number of alkyl halides is 2. The lowest BCUT2D eigenvalue weighted by Gasteiger charge is -2.27. The Kier molecular flexibility index (Phi) is 12.0. The topological polar surface area (TPSA) is 58.6 Å². The lowest BCUT2D eigenvalue weighted by molar-refractivity contribution is -0.155. The average molecular weight is 612 g/mol. The molecule has 5 nitrogen and oxygen atoms in total. The van der Waals surface area contributed by atoms with E-state index in [0.29, 0.717) is 6.54 Å². The van der Waals surface area contributed by atoms with Gasteiger partial charge in [-0.15, -0.1) is 0 Å². The highest BCUT2D eigenvalue weighted by Crippen LogP contribution is 2.29. The third-order valence-corrected chi connectivity index (χ3v) is 5.19. The molecule has 156 valence electrons. The Morgan fingerprint density at radius 3 is 2.46 bits per heavy atom. The number of esters is 1. The number of ether oxygens (including phenoxy) is 1. The van der Waals surface area contributed by atoms with Gasteiger partial charge in [-0.1, -0.05) is 51.2 Å². The van der Waals surface area contributed by atoms with Gasteiger partial charge in [0.05, 0.1) is 12.6 Å². The molecule has 1 atom stereocenters. The van der Waals surface area contributed by atoms with Crippen LogP contribution in [0.15, 0.2) is 18.2 Å². The molecular weight excluding hydrogens is 581 g/mol. The van der Waals surface area contributed by atoms with E-state index < -0.39 is 5.60 Å². The molecule has 1 aromatic rings. The lowest BCUT2D eigenvalue weighted by atomic mass is 9.88. The first kappa shape index (κ1) is 25.7. The molecule has 0 radical (unpaired) electrons. The van der Waals surface area contributed by atoms with Gasteiger partial charge < -0.3 is 19.7 Å². The minimum absolute atomic E-state index is 0.0456. The largest absolute Gasteiger partial charge is 0.460 e. The van der Waals surface area contributed by atoms with Crippen LogP contribution in [0.4, 0.5) is 5.69 Å². The van der Waals surface area contributed by atoms with Gasteiger partial charge in [0.1, 0.15) is 5.60 Å². The number of halogens is 2. The van der Waals surface area contributed by atoms with Crippen molar-refractivity contribution in [3.8, 4) is 0 Å². The first-order chi connectivity index (χ1) is 13.2. The molecule has 8 heteroatoms. The molecule has 0 saturated carbocycles. The van der Waals surface area contributed by atoms with Gasteiger partial charge in [0.2, 0.25) is 0 Å². The molecule has 1 unspecified atom stereocenters. The summed E-state index contributed by atoms with van der Waals surface area (Å²) in [5.41, 5.74) is 2.95. The molecule has 0 amide bonds. The Morgan fingerprint density at radius 2 is 1.93 bits per heavy atom. The number of carbonyl (C=O) groups excluding carboxylic acids is 2. The normalized spacial score (nSPS) is 12.4. The van der Waals surface area contributed by atoms with Gasteiger partial charge >= 0.3 is 5.97 Å². The van der Waals surface area contributed by atoms with E-state index in [-0.39, 0.29) is 25.7 Å². The number of carbonyl (C=O) groups is 2. The Balaban J connectivity index is 3.13. The predicted octanol–water partition coefficient (Wildman–Crippen LogP) is 3.62. The van der Waals surface area contributed by atoms with Gasteiger partial charge in [0.15, 0.2) is 0 Å². The second-order valence-corrected chi connectivity index (χ2v) is 9.88. The molecule has 0 aliphatic heterocycles. The van der Waals surface area contributed by atoms with Crippen LogP contribution in [0.2, 0.25) is 0 Å². The summed E-state index contributed by atoms with van der Waals surface area (Å²) in [6.45, 7) is 10.2. The zero-order valence-corrected chi connectivity index (χ0v) is 21.6. The van der Waals surface area contributed by atoms with Crippen LogP contribution in [0.25, 0.3) is 0 Å². The van der Waals surface area contributed by atoms with E-state index >= 15 is 0 Å². The van der Waals surface area contributed by atoms with E-state index in [9.17, 15) is 9.59 Å². The summed E-state index contributed by atoms with van der Waals surface area (Å²) in [6.07, 6.45) is 1.13. The summed E-state index contributed by atoms with van der Waals surface area (Å²) < 4.78 is 7.65. The maximum atomic E-state index is 12.5. The highest BCUT2D eigenvalue weighted by Gasteiger charge is 2.23. The lowest BCUT2D eigenvalue weighted by Crippen LogP contribution is -2.31. The van der Waals surface area contributed by atoms with Crippen LogP contribution in [0, 0.1) is 6.92 Å². The van der Waals surface area contributed by atoms with Gasteiger partial charge in [-0.25, -0.2) is 0 Å². The molecule has 28 heavy (non-hydrogen) atoms. The van der Waals surface area contributed by atoms with Crippen molar-refractivity contribution in [3.63, 3.8) is 0 Å². The molecule has 1 aromatic carbocycles. The van der Waals surface area contributed by atoms with Gasteiger partial charge in [0.25, 0.3) is 7.41 Å². The smallest absolute Gasteiger partial charge is 0.306 e. The fourth-order valence-electron chi connectivity index (χ4n) is 3.03. The third-order valence-electron chi connectivity index (χ3n) is 4.23.